The van der Waals surface area contributed by atoms with Gasteiger partial charge >= 0.3 is 6.09 Å². The number of hydrogen-bond acceptors (Lipinski definition) is 4. The molecular weight excluding hydrogens is 304 g/mol. The molecule has 0 fully saturated rings. The highest BCUT2D eigenvalue weighted by Crippen LogP contribution is 2.38. The predicted octanol–water partition coefficient (Wildman–Crippen LogP) is 4.29. The van der Waals surface area contributed by atoms with Gasteiger partial charge in [-0.25, -0.2) is 4.79 Å². The molecule has 0 saturated carbocycles. The van der Waals surface area contributed by atoms with Gasteiger partial charge in [0.25, 0.3) is 0 Å². The van der Waals surface area contributed by atoms with Gasteiger partial charge in [-0.2, -0.15) is 0 Å². The molecule has 1 N–H and O–H groups in total. The molecule has 5 nitrogen and oxygen atoms in total. The zero-order chi connectivity index (χ0) is 17.3. The molecule has 126 valence electrons. The van der Waals surface area contributed by atoms with Crippen LogP contribution < -0.4 is 9.80 Å². The molecule has 1 aliphatic heterocycles. The number of fused-ring (bicyclic) bond motifs is 1. The van der Waals surface area contributed by atoms with Crippen LogP contribution in [0.2, 0.25) is 0 Å². The number of rotatable bonds is 1. The summed E-state index contributed by atoms with van der Waals surface area (Å²) in [6.07, 6.45) is -0.333. The second-order valence-electron chi connectivity index (χ2n) is 6.79. The Balaban J connectivity index is 1.93. The smallest absolute Gasteiger partial charge is 0.414 e. The number of carbonyl (C=O) groups is 1. The fourth-order valence-electron chi connectivity index (χ4n) is 2.77. The Morgan fingerprint density at radius 2 is 1.62 bits per heavy atom. The van der Waals surface area contributed by atoms with Gasteiger partial charge < -0.3 is 14.7 Å². The normalized spacial score (nSPS) is 14.3. The molecule has 0 aliphatic carbocycles. The number of hydrogen-bond donors (Lipinski definition) is 1. The van der Waals surface area contributed by atoms with Gasteiger partial charge in [-0.05, 0) is 57.2 Å². The van der Waals surface area contributed by atoms with Crippen LogP contribution >= 0.6 is 0 Å². The van der Waals surface area contributed by atoms with Crippen molar-refractivity contribution < 1.29 is 14.6 Å². The van der Waals surface area contributed by atoms with Crippen molar-refractivity contribution >= 4 is 23.2 Å². The quantitative estimate of drug-likeness (QED) is 0.849. The molecule has 0 radical (unpaired) electrons. The van der Waals surface area contributed by atoms with E-state index in [1.54, 1.807) is 17.0 Å². The molecule has 0 aromatic heterocycles. The monoisotopic (exact) mass is 326 g/mol. The van der Waals surface area contributed by atoms with Gasteiger partial charge in [0, 0.05) is 18.8 Å². The molecule has 1 amide bonds. The van der Waals surface area contributed by atoms with E-state index in [-0.39, 0.29) is 11.8 Å². The van der Waals surface area contributed by atoms with Crippen molar-refractivity contribution in [2.75, 3.05) is 22.9 Å². The third-order valence-electron chi connectivity index (χ3n) is 3.79. The summed E-state index contributed by atoms with van der Waals surface area (Å²) in [6.45, 7) is 6.78. The van der Waals surface area contributed by atoms with E-state index in [1.165, 1.54) is 0 Å². The molecule has 1 aliphatic rings. The van der Waals surface area contributed by atoms with Crippen molar-refractivity contribution in [2.45, 2.75) is 26.4 Å². The van der Waals surface area contributed by atoms with E-state index in [0.717, 1.165) is 17.1 Å². The van der Waals surface area contributed by atoms with Gasteiger partial charge in [-0.3, -0.25) is 4.90 Å². The maximum atomic E-state index is 12.5. The van der Waals surface area contributed by atoms with Crippen LogP contribution in [-0.2, 0) is 4.74 Å². The zero-order valence-corrected chi connectivity index (χ0v) is 14.2. The van der Waals surface area contributed by atoms with Gasteiger partial charge in [0.2, 0.25) is 0 Å². The average Bonchev–Trinajstić information content (AvgIpc) is 2.53. The summed E-state index contributed by atoms with van der Waals surface area (Å²) in [5.41, 5.74) is 2.22. The number of nitrogens with zero attached hydrogens (tertiary/aromatic N) is 2. The first kappa shape index (κ1) is 16.2. The second kappa shape index (κ2) is 6.07. The molecule has 0 bridgehead atoms. The van der Waals surface area contributed by atoms with E-state index in [4.69, 9.17) is 4.74 Å². The fraction of sp³-hybridized carbons (Fsp3) is 0.316. The predicted molar refractivity (Wildman–Crippen MR) is 95.1 cm³/mol. The van der Waals surface area contributed by atoms with Crippen LogP contribution in [0.15, 0.2) is 48.5 Å². The summed E-state index contributed by atoms with van der Waals surface area (Å²) in [7, 11) is 0. The Hall–Kier alpha value is -2.69. The number of para-hydroxylation sites is 2. The maximum Gasteiger partial charge on any atom is 0.414 e. The van der Waals surface area contributed by atoms with Crippen molar-refractivity contribution in [3.63, 3.8) is 0 Å². The highest BCUT2D eigenvalue weighted by molar-refractivity contribution is 5.95. The lowest BCUT2D eigenvalue weighted by molar-refractivity contribution is 0.0580. The number of benzene rings is 2. The van der Waals surface area contributed by atoms with E-state index in [0.29, 0.717) is 13.1 Å². The van der Waals surface area contributed by atoms with Gasteiger partial charge in [0.15, 0.2) is 0 Å². The average molecular weight is 326 g/mol. The molecule has 2 aromatic rings. The number of phenolic OH excluding ortho intramolecular Hbond substituents is 1. The van der Waals surface area contributed by atoms with Crippen LogP contribution in [0.5, 0.6) is 5.75 Å². The van der Waals surface area contributed by atoms with Crippen molar-refractivity contribution in [3.8, 4) is 5.75 Å². The molecular formula is C19H22N2O3. The Morgan fingerprint density at radius 1 is 1.00 bits per heavy atom. The molecule has 0 spiro atoms. The van der Waals surface area contributed by atoms with Crippen LogP contribution in [0.1, 0.15) is 20.8 Å². The highest BCUT2D eigenvalue weighted by Gasteiger charge is 2.30. The topological polar surface area (TPSA) is 53.0 Å². The Kier molecular flexibility index (Phi) is 4.09. The van der Waals surface area contributed by atoms with Crippen LogP contribution in [0, 0.1) is 0 Å². The standard InChI is InChI=1S/C19H22N2O3/c1-19(2,3)24-18(23)21-13-12-20(14-8-10-15(22)11-9-14)16-6-4-5-7-17(16)21/h4-11,22H,12-13H2,1-3H3. The number of aromatic hydroxyl groups is 1. The third kappa shape index (κ3) is 3.30. The minimum atomic E-state index is -0.528. The molecule has 1 heterocycles. The third-order valence-corrected chi connectivity index (χ3v) is 3.79. The number of amides is 1. The van der Waals surface area contributed by atoms with Crippen molar-refractivity contribution in [2.24, 2.45) is 0 Å². The first-order valence-electron chi connectivity index (χ1n) is 8.01. The fourth-order valence-corrected chi connectivity index (χ4v) is 2.77. The van der Waals surface area contributed by atoms with Crippen LogP contribution in [-0.4, -0.2) is 29.9 Å². The summed E-state index contributed by atoms with van der Waals surface area (Å²) >= 11 is 0. The van der Waals surface area contributed by atoms with Gasteiger partial charge in [-0.1, -0.05) is 12.1 Å². The maximum absolute atomic E-state index is 12.5. The Morgan fingerprint density at radius 3 is 2.25 bits per heavy atom. The summed E-state index contributed by atoms with van der Waals surface area (Å²) in [4.78, 5) is 16.3. The minimum Gasteiger partial charge on any atom is -0.508 e. The molecule has 0 unspecified atom stereocenters. The lowest BCUT2D eigenvalue weighted by atomic mass is 10.1. The molecule has 5 heteroatoms. The van der Waals surface area contributed by atoms with Crippen LogP contribution in [0.25, 0.3) is 0 Å². The highest BCUT2D eigenvalue weighted by atomic mass is 16.6. The van der Waals surface area contributed by atoms with Gasteiger partial charge in [0.05, 0.1) is 11.4 Å². The van der Waals surface area contributed by atoms with Crippen LogP contribution in [0.3, 0.4) is 0 Å². The Labute approximate surface area is 142 Å². The number of phenols is 1. The molecule has 0 atom stereocenters. The Bertz CT molecular complexity index is 735. The lowest BCUT2D eigenvalue weighted by Gasteiger charge is -2.38. The van der Waals surface area contributed by atoms with Crippen molar-refractivity contribution in [3.05, 3.63) is 48.5 Å². The lowest BCUT2D eigenvalue weighted by Crippen LogP contribution is -2.44. The van der Waals surface area contributed by atoms with Crippen LogP contribution in [0.4, 0.5) is 21.9 Å². The van der Waals surface area contributed by atoms with Crippen molar-refractivity contribution in [1.82, 2.24) is 0 Å². The molecule has 3 rings (SSSR count). The largest absolute Gasteiger partial charge is 0.508 e. The summed E-state index contributed by atoms with van der Waals surface area (Å²) in [6, 6.07) is 14.8. The van der Waals surface area contributed by atoms with E-state index >= 15 is 0 Å². The molecule has 24 heavy (non-hydrogen) atoms. The first-order chi connectivity index (χ1) is 11.3. The van der Waals surface area contributed by atoms with E-state index in [1.807, 2.05) is 57.2 Å². The van der Waals surface area contributed by atoms with Crippen molar-refractivity contribution in [1.29, 1.82) is 0 Å². The first-order valence-corrected chi connectivity index (χ1v) is 8.01. The summed E-state index contributed by atoms with van der Waals surface area (Å²) in [5, 5.41) is 9.49. The molecule has 2 aromatic carbocycles. The van der Waals surface area contributed by atoms with E-state index in [2.05, 4.69) is 4.90 Å². The SMILES string of the molecule is CC(C)(C)OC(=O)N1CCN(c2ccc(O)cc2)c2ccccc21. The number of anilines is 3. The number of ether oxygens (including phenoxy) is 1. The second-order valence-corrected chi connectivity index (χ2v) is 6.79. The van der Waals surface area contributed by atoms with E-state index < -0.39 is 5.60 Å². The minimum absolute atomic E-state index is 0.236. The summed E-state index contributed by atoms with van der Waals surface area (Å²) in [5.74, 6) is 0.236. The van der Waals surface area contributed by atoms with Gasteiger partial charge in [0.1, 0.15) is 11.4 Å². The molecule has 0 saturated heterocycles. The zero-order valence-electron chi connectivity index (χ0n) is 14.2. The number of carbonyl (C=O) groups excluding carboxylic acids is 1. The van der Waals surface area contributed by atoms with E-state index in [9.17, 15) is 9.90 Å². The van der Waals surface area contributed by atoms with Gasteiger partial charge in [-0.15, -0.1) is 0 Å². The summed E-state index contributed by atoms with van der Waals surface area (Å²) < 4.78 is 5.53.